The molecule has 0 radical (unpaired) electrons. The summed E-state index contributed by atoms with van der Waals surface area (Å²) in [4.78, 5) is 10.6. The van der Waals surface area contributed by atoms with E-state index in [4.69, 9.17) is 10.4 Å². The Balaban J connectivity index is 3.01. The standard InChI is InChI=1S/C11H16N4O4S/c1-8-11(20(18,19)13-6-3-5-12)9(2)15(14-8)7-4-10(16)17/h13H,3-4,6-7H2,1-2H3,(H,16,17). The molecule has 1 aromatic rings. The number of sulfonamides is 1. The minimum absolute atomic E-state index is 0.0258. The minimum Gasteiger partial charge on any atom is -0.481 e. The van der Waals surface area contributed by atoms with Crippen LogP contribution in [0.15, 0.2) is 4.90 Å². The van der Waals surface area contributed by atoms with Crippen LogP contribution in [0.25, 0.3) is 0 Å². The number of rotatable bonds is 7. The van der Waals surface area contributed by atoms with Crippen molar-refractivity contribution in [2.75, 3.05) is 6.54 Å². The number of carbonyl (C=O) groups is 1. The number of nitrogens with one attached hydrogen (secondary N) is 1. The van der Waals surface area contributed by atoms with Gasteiger partial charge in [0.15, 0.2) is 0 Å². The molecule has 0 saturated heterocycles. The van der Waals surface area contributed by atoms with Crippen LogP contribution in [-0.2, 0) is 21.4 Å². The first-order chi connectivity index (χ1) is 9.29. The SMILES string of the molecule is Cc1nn(CCC(=O)O)c(C)c1S(=O)(=O)NCCC#N. The minimum atomic E-state index is -3.74. The molecule has 110 valence electrons. The van der Waals surface area contributed by atoms with E-state index < -0.39 is 16.0 Å². The summed E-state index contributed by atoms with van der Waals surface area (Å²) in [6, 6.07) is 1.85. The summed E-state index contributed by atoms with van der Waals surface area (Å²) in [6.07, 6.45) is -0.0617. The van der Waals surface area contributed by atoms with E-state index >= 15 is 0 Å². The molecule has 0 unspecified atom stereocenters. The fraction of sp³-hybridized carbons (Fsp3) is 0.545. The smallest absolute Gasteiger partial charge is 0.305 e. The predicted octanol–water partition coefficient (Wildman–Crippen LogP) is 0.167. The highest BCUT2D eigenvalue weighted by Crippen LogP contribution is 2.19. The van der Waals surface area contributed by atoms with Crippen LogP contribution >= 0.6 is 0 Å². The van der Waals surface area contributed by atoms with Crippen LogP contribution in [0.3, 0.4) is 0 Å². The highest BCUT2D eigenvalue weighted by molar-refractivity contribution is 7.89. The van der Waals surface area contributed by atoms with Gasteiger partial charge in [-0.25, -0.2) is 13.1 Å². The van der Waals surface area contributed by atoms with Crippen molar-refractivity contribution in [3.05, 3.63) is 11.4 Å². The van der Waals surface area contributed by atoms with Crippen LogP contribution in [0.4, 0.5) is 0 Å². The lowest BCUT2D eigenvalue weighted by Gasteiger charge is -2.06. The number of nitriles is 1. The highest BCUT2D eigenvalue weighted by atomic mass is 32.2. The van der Waals surface area contributed by atoms with Gasteiger partial charge in [-0.3, -0.25) is 9.48 Å². The summed E-state index contributed by atoms with van der Waals surface area (Å²) < 4.78 is 27.9. The van der Waals surface area contributed by atoms with E-state index in [0.29, 0.717) is 11.4 Å². The lowest BCUT2D eigenvalue weighted by molar-refractivity contribution is -0.137. The van der Waals surface area contributed by atoms with Gasteiger partial charge in [-0.05, 0) is 13.8 Å². The molecule has 0 aliphatic rings. The summed E-state index contributed by atoms with van der Waals surface area (Å²) in [5.74, 6) is -0.978. The van der Waals surface area contributed by atoms with Gasteiger partial charge in [-0.1, -0.05) is 0 Å². The Kier molecular flexibility index (Phi) is 5.24. The Labute approximate surface area is 117 Å². The maximum absolute atomic E-state index is 12.1. The molecular formula is C11H16N4O4S. The molecule has 20 heavy (non-hydrogen) atoms. The molecular weight excluding hydrogens is 284 g/mol. The predicted molar refractivity (Wildman–Crippen MR) is 69.4 cm³/mol. The average molecular weight is 300 g/mol. The molecule has 0 aliphatic carbocycles. The maximum atomic E-state index is 12.1. The second-order valence-corrected chi connectivity index (χ2v) is 5.88. The van der Waals surface area contributed by atoms with E-state index in [1.165, 1.54) is 4.68 Å². The van der Waals surface area contributed by atoms with E-state index in [9.17, 15) is 13.2 Å². The van der Waals surface area contributed by atoms with Crippen molar-refractivity contribution in [1.82, 2.24) is 14.5 Å². The van der Waals surface area contributed by atoms with Gasteiger partial charge in [0.05, 0.1) is 30.4 Å². The summed E-state index contributed by atoms with van der Waals surface area (Å²) in [6.45, 7) is 3.25. The Hall–Kier alpha value is -1.92. The number of hydrogen-bond donors (Lipinski definition) is 2. The lowest BCUT2D eigenvalue weighted by Crippen LogP contribution is -2.25. The van der Waals surface area contributed by atoms with Crippen molar-refractivity contribution in [1.29, 1.82) is 5.26 Å². The fourth-order valence-electron chi connectivity index (χ4n) is 1.80. The molecule has 0 bridgehead atoms. The van der Waals surface area contributed by atoms with Crippen LogP contribution in [-0.4, -0.2) is 35.8 Å². The third-order valence-corrected chi connectivity index (χ3v) is 4.36. The molecule has 2 N–H and O–H groups in total. The summed E-state index contributed by atoms with van der Waals surface area (Å²) in [5, 5.41) is 21.1. The Bertz CT molecular complexity index is 642. The number of aromatic nitrogens is 2. The van der Waals surface area contributed by atoms with Gasteiger partial charge in [0, 0.05) is 13.0 Å². The number of aliphatic carboxylic acids is 1. The largest absolute Gasteiger partial charge is 0.481 e. The zero-order valence-electron chi connectivity index (χ0n) is 11.3. The molecule has 8 nitrogen and oxygen atoms in total. The van der Waals surface area contributed by atoms with Crippen molar-refractivity contribution in [2.45, 2.75) is 38.1 Å². The second-order valence-electron chi connectivity index (χ2n) is 4.17. The first kappa shape index (κ1) is 16.1. The highest BCUT2D eigenvalue weighted by Gasteiger charge is 2.24. The second kappa shape index (κ2) is 6.49. The Morgan fingerprint density at radius 1 is 1.50 bits per heavy atom. The third-order valence-electron chi connectivity index (χ3n) is 2.65. The van der Waals surface area contributed by atoms with Crippen molar-refractivity contribution >= 4 is 16.0 Å². The van der Waals surface area contributed by atoms with E-state index in [-0.39, 0.29) is 30.8 Å². The quantitative estimate of drug-likeness (QED) is 0.691. The van der Waals surface area contributed by atoms with Gasteiger partial charge < -0.3 is 5.11 Å². The third kappa shape index (κ3) is 3.79. The number of hydrogen-bond acceptors (Lipinski definition) is 5. The molecule has 0 fully saturated rings. The van der Waals surface area contributed by atoms with Crippen LogP contribution in [0.5, 0.6) is 0 Å². The van der Waals surface area contributed by atoms with Gasteiger partial charge >= 0.3 is 5.97 Å². The van der Waals surface area contributed by atoms with Crippen molar-refractivity contribution in [3.8, 4) is 6.07 Å². The number of nitrogens with zero attached hydrogens (tertiary/aromatic N) is 3. The molecule has 0 aliphatic heterocycles. The summed E-state index contributed by atoms with van der Waals surface area (Å²) in [7, 11) is -3.74. The Morgan fingerprint density at radius 3 is 2.70 bits per heavy atom. The molecule has 1 heterocycles. The molecule has 9 heteroatoms. The number of aryl methyl sites for hydroxylation is 2. The maximum Gasteiger partial charge on any atom is 0.305 e. The normalized spacial score (nSPS) is 11.2. The van der Waals surface area contributed by atoms with Gasteiger partial charge in [0.25, 0.3) is 0 Å². The lowest BCUT2D eigenvalue weighted by atomic mass is 10.4. The molecule has 0 aromatic carbocycles. The molecule has 0 saturated carbocycles. The van der Waals surface area contributed by atoms with Gasteiger partial charge in [-0.15, -0.1) is 0 Å². The summed E-state index contributed by atoms with van der Waals surface area (Å²) in [5.41, 5.74) is 0.686. The van der Waals surface area contributed by atoms with Crippen LogP contribution in [0.1, 0.15) is 24.2 Å². The van der Waals surface area contributed by atoms with Crippen LogP contribution in [0.2, 0.25) is 0 Å². The van der Waals surface area contributed by atoms with Gasteiger partial charge in [0.1, 0.15) is 4.90 Å². The zero-order chi connectivity index (χ0) is 15.3. The zero-order valence-corrected chi connectivity index (χ0v) is 12.1. The van der Waals surface area contributed by atoms with E-state index in [1.54, 1.807) is 13.8 Å². The summed E-state index contributed by atoms with van der Waals surface area (Å²) >= 11 is 0. The monoisotopic (exact) mass is 300 g/mol. The van der Waals surface area contributed by atoms with E-state index in [1.807, 2.05) is 6.07 Å². The van der Waals surface area contributed by atoms with E-state index in [0.717, 1.165) is 0 Å². The van der Waals surface area contributed by atoms with Crippen LogP contribution in [0, 0.1) is 25.2 Å². The first-order valence-corrected chi connectivity index (χ1v) is 7.40. The van der Waals surface area contributed by atoms with Crippen molar-refractivity contribution in [3.63, 3.8) is 0 Å². The molecule has 1 aromatic heterocycles. The van der Waals surface area contributed by atoms with Gasteiger partial charge in [-0.2, -0.15) is 10.4 Å². The topological polar surface area (TPSA) is 125 Å². The van der Waals surface area contributed by atoms with Crippen molar-refractivity contribution in [2.24, 2.45) is 0 Å². The molecule has 0 atom stereocenters. The first-order valence-electron chi connectivity index (χ1n) is 5.92. The molecule has 0 amide bonds. The number of carboxylic acids is 1. The van der Waals surface area contributed by atoms with Gasteiger partial charge in [0.2, 0.25) is 10.0 Å². The Morgan fingerprint density at radius 2 is 2.15 bits per heavy atom. The van der Waals surface area contributed by atoms with Crippen molar-refractivity contribution < 1.29 is 18.3 Å². The number of carboxylic acid groups (broad SMARTS) is 1. The average Bonchev–Trinajstić information content (AvgIpc) is 2.62. The van der Waals surface area contributed by atoms with E-state index in [2.05, 4.69) is 9.82 Å². The molecule has 1 rings (SSSR count). The fourth-order valence-corrected chi connectivity index (χ4v) is 3.24. The van der Waals surface area contributed by atoms with Crippen LogP contribution < -0.4 is 4.72 Å². The molecule has 0 spiro atoms.